The number of benzene rings is 2. The van der Waals surface area contributed by atoms with Gasteiger partial charge in [-0.2, -0.15) is 0 Å². The van der Waals surface area contributed by atoms with E-state index < -0.39 is 47.9 Å². The first-order valence-corrected chi connectivity index (χ1v) is 14.7. The van der Waals surface area contributed by atoms with Gasteiger partial charge in [0, 0.05) is 48.3 Å². The average Bonchev–Trinajstić information content (AvgIpc) is 3.69. The molecular weight excluding hydrogens is 578 g/mol. The maximum atomic E-state index is 13.8. The van der Waals surface area contributed by atoms with Crippen molar-refractivity contribution in [1.29, 1.82) is 0 Å². The number of aromatic nitrogens is 3. The molecule has 0 saturated carbocycles. The number of aromatic hydroxyl groups is 1. The van der Waals surface area contributed by atoms with E-state index in [1.165, 1.54) is 18.5 Å². The summed E-state index contributed by atoms with van der Waals surface area (Å²) in [7, 11) is 0. The summed E-state index contributed by atoms with van der Waals surface area (Å²) < 4.78 is 0. The van der Waals surface area contributed by atoms with Crippen molar-refractivity contribution in [1.82, 2.24) is 30.9 Å². The smallest absolute Gasteiger partial charge is 0.326 e. The molecular formula is C32H39N7O6. The van der Waals surface area contributed by atoms with Crippen molar-refractivity contribution in [2.75, 3.05) is 0 Å². The maximum absolute atomic E-state index is 13.8. The number of nitrogens with one attached hydrogen (secondary N) is 5. The number of rotatable bonds is 15. The van der Waals surface area contributed by atoms with E-state index >= 15 is 0 Å². The first kappa shape index (κ1) is 32.7. The number of para-hydroxylation sites is 1. The molecule has 4 aromatic rings. The van der Waals surface area contributed by atoms with Gasteiger partial charge >= 0.3 is 5.97 Å². The van der Waals surface area contributed by atoms with E-state index in [4.69, 9.17) is 5.73 Å². The highest BCUT2D eigenvalue weighted by Gasteiger charge is 2.33. The minimum atomic E-state index is -1.28. The first-order chi connectivity index (χ1) is 21.5. The Morgan fingerprint density at radius 1 is 0.889 bits per heavy atom. The van der Waals surface area contributed by atoms with Crippen LogP contribution < -0.4 is 21.7 Å². The van der Waals surface area contributed by atoms with Crippen LogP contribution in [0.1, 0.15) is 37.1 Å². The quantitative estimate of drug-likeness (QED) is 0.0977. The standard InChI is InChI=1S/C32H39N7O6/c1-3-18(2)28(31(43)38-27(32(44)45)12-19-8-10-22(40)11-9-19)39-30(42)26(13-20-15-35-25-7-5-4-6-23(20)25)37-29(41)24(33)14-21-16-34-17-36-21/h4-11,15-18,24,26-28,35,40H,3,12-14,33H2,1-2H3,(H,34,36)(H,37,41)(H,38,43)(H,39,42)(H,44,45). The molecule has 0 fully saturated rings. The van der Waals surface area contributed by atoms with Gasteiger partial charge in [0.25, 0.3) is 0 Å². The Labute approximate surface area is 260 Å². The van der Waals surface area contributed by atoms with Crippen LogP contribution in [-0.2, 0) is 38.4 Å². The summed E-state index contributed by atoms with van der Waals surface area (Å²) in [5.74, 6) is -3.43. The largest absolute Gasteiger partial charge is 0.508 e. The number of carboxylic acid groups (broad SMARTS) is 1. The number of aromatic amines is 2. The molecule has 9 N–H and O–H groups in total. The van der Waals surface area contributed by atoms with E-state index in [1.54, 1.807) is 31.5 Å². The molecule has 0 aliphatic rings. The molecule has 0 spiro atoms. The molecule has 13 heteroatoms. The van der Waals surface area contributed by atoms with Crippen molar-refractivity contribution in [2.24, 2.45) is 11.7 Å². The Morgan fingerprint density at radius 3 is 2.27 bits per heavy atom. The number of carbonyl (C=O) groups excluding carboxylic acids is 3. The van der Waals surface area contributed by atoms with Crippen LogP contribution >= 0.6 is 0 Å². The third-order valence-corrected chi connectivity index (χ3v) is 7.85. The number of phenolic OH excluding ortho intramolecular Hbond substituents is 1. The van der Waals surface area contributed by atoms with Crippen LogP contribution in [0.4, 0.5) is 0 Å². The van der Waals surface area contributed by atoms with Crippen LogP contribution in [0.25, 0.3) is 10.9 Å². The second-order valence-electron chi connectivity index (χ2n) is 11.2. The molecule has 5 atom stereocenters. The molecule has 2 aromatic heterocycles. The molecule has 0 saturated heterocycles. The van der Waals surface area contributed by atoms with Gasteiger partial charge in [0.1, 0.15) is 23.9 Å². The van der Waals surface area contributed by atoms with Crippen molar-refractivity contribution in [3.63, 3.8) is 0 Å². The molecule has 45 heavy (non-hydrogen) atoms. The summed E-state index contributed by atoms with van der Waals surface area (Å²) in [4.78, 5) is 62.6. The molecule has 5 unspecified atom stereocenters. The highest BCUT2D eigenvalue weighted by molar-refractivity contribution is 5.95. The lowest BCUT2D eigenvalue weighted by Gasteiger charge is -2.28. The summed E-state index contributed by atoms with van der Waals surface area (Å²) in [6.07, 6.45) is 5.55. The van der Waals surface area contributed by atoms with Gasteiger partial charge in [-0.1, -0.05) is 50.6 Å². The Hall–Kier alpha value is -5.17. The first-order valence-electron chi connectivity index (χ1n) is 14.7. The third-order valence-electron chi connectivity index (χ3n) is 7.85. The normalized spacial score (nSPS) is 14.6. The average molecular weight is 618 g/mol. The summed E-state index contributed by atoms with van der Waals surface area (Å²) in [5, 5.41) is 28.3. The zero-order valence-corrected chi connectivity index (χ0v) is 25.1. The van der Waals surface area contributed by atoms with Crippen LogP contribution in [0.5, 0.6) is 5.75 Å². The maximum Gasteiger partial charge on any atom is 0.326 e. The van der Waals surface area contributed by atoms with Crippen LogP contribution in [0.2, 0.25) is 0 Å². The SMILES string of the molecule is CCC(C)C(NC(=O)C(Cc1c[nH]c2ccccc12)NC(=O)C(N)Cc1cnc[nH]1)C(=O)NC(Cc1ccc(O)cc1)C(=O)O. The van der Waals surface area contributed by atoms with E-state index in [2.05, 4.69) is 30.9 Å². The number of amides is 3. The van der Waals surface area contributed by atoms with E-state index in [0.717, 1.165) is 16.5 Å². The molecule has 238 valence electrons. The van der Waals surface area contributed by atoms with Crippen molar-refractivity contribution in [3.8, 4) is 5.75 Å². The van der Waals surface area contributed by atoms with Gasteiger partial charge in [-0.25, -0.2) is 9.78 Å². The van der Waals surface area contributed by atoms with E-state index in [1.807, 2.05) is 31.2 Å². The highest BCUT2D eigenvalue weighted by Crippen LogP contribution is 2.20. The fraction of sp³-hybridized carbons (Fsp3) is 0.344. The van der Waals surface area contributed by atoms with Gasteiger partial charge in [-0.3, -0.25) is 14.4 Å². The minimum Gasteiger partial charge on any atom is -0.508 e. The number of nitrogens with two attached hydrogens (primary N) is 1. The molecule has 0 aliphatic carbocycles. The van der Waals surface area contributed by atoms with Gasteiger partial charge in [-0.15, -0.1) is 0 Å². The molecule has 0 aliphatic heterocycles. The van der Waals surface area contributed by atoms with Crippen LogP contribution in [0.15, 0.2) is 67.3 Å². The molecule has 4 rings (SSSR count). The van der Waals surface area contributed by atoms with E-state index in [9.17, 15) is 29.4 Å². The molecule has 13 nitrogen and oxygen atoms in total. The lowest BCUT2D eigenvalue weighted by molar-refractivity contribution is -0.142. The number of nitrogens with zero attached hydrogens (tertiary/aromatic N) is 1. The Morgan fingerprint density at radius 2 is 1.60 bits per heavy atom. The minimum absolute atomic E-state index is 0.0318. The number of imidazole rings is 1. The number of carboxylic acids is 1. The van der Waals surface area contributed by atoms with E-state index in [0.29, 0.717) is 17.7 Å². The van der Waals surface area contributed by atoms with Crippen LogP contribution in [0.3, 0.4) is 0 Å². The number of aliphatic carboxylic acids is 1. The molecule has 0 bridgehead atoms. The Bertz CT molecular complexity index is 1600. The number of phenols is 1. The summed E-state index contributed by atoms with van der Waals surface area (Å²) in [6.45, 7) is 3.62. The van der Waals surface area contributed by atoms with Crippen molar-refractivity contribution < 1.29 is 29.4 Å². The summed E-state index contributed by atoms with van der Waals surface area (Å²) in [5.41, 5.74) is 9.05. The van der Waals surface area contributed by atoms with Crippen molar-refractivity contribution in [3.05, 3.63) is 84.1 Å². The van der Waals surface area contributed by atoms with E-state index in [-0.39, 0.29) is 30.9 Å². The highest BCUT2D eigenvalue weighted by atomic mass is 16.4. The lowest BCUT2D eigenvalue weighted by Crippen LogP contribution is -2.59. The third kappa shape index (κ3) is 8.70. The number of H-pyrrole nitrogens is 2. The fourth-order valence-electron chi connectivity index (χ4n) is 5.02. The number of fused-ring (bicyclic) bond motifs is 1. The monoisotopic (exact) mass is 617 g/mol. The van der Waals surface area contributed by atoms with Gasteiger partial charge in [0.05, 0.1) is 12.4 Å². The Balaban J connectivity index is 1.54. The van der Waals surface area contributed by atoms with Gasteiger partial charge in [0.2, 0.25) is 17.7 Å². The fourth-order valence-corrected chi connectivity index (χ4v) is 5.02. The zero-order valence-electron chi connectivity index (χ0n) is 25.1. The second-order valence-corrected chi connectivity index (χ2v) is 11.2. The molecule has 3 amide bonds. The summed E-state index contributed by atoms with van der Waals surface area (Å²) in [6, 6.07) is 9.09. The lowest BCUT2D eigenvalue weighted by atomic mass is 9.96. The number of hydrogen-bond acceptors (Lipinski definition) is 7. The van der Waals surface area contributed by atoms with Gasteiger partial charge in [0.15, 0.2) is 0 Å². The van der Waals surface area contributed by atoms with Gasteiger partial charge in [-0.05, 0) is 35.2 Å². The Kier molecular flexibility index (Phi) is 10.9. The zero-order chi connectivity index (χ0) is 32.5. The molecule has 2 aromatic carbocycles. The van der Waals surface area contributed by atoms with Crippen molar-refractivity contribution in [2.45, 2.75) is 63.7 Å². The topological polar surface area (TPSA) is 215 Å². The predicted octanol–water partition coefficient (Wildman–Crippen LogP) is 1.54. The summed E-state index contributed by atoms with van der Waals surface area (Å²) >= 11 is 0. The second kappa shape index (κ2) is 15.0. The number of carbonyl (C=O) groups is 4. The van der Waals surface area contributed by atoms with Crippen molar-refractivity contribution >= 4 is 34.6 Å². The predicted molar refractivity (Wildman–Crippen MR) is 167 cm³/mol. The molecule has 0 radical (unpaired) electrons. The number of hydrogen-bond donors (Lipinski definition) is 8. The van der Waals surface area contributed by atoms with Crippen LogP contribution in [-0.4, -0.2) is 73.0 Å². The van der Waals surface area contributed by atoms with Crippen LogP contribution in [0, 0.1) is 5.92 Å². The van der Waals surface area contributed by atoms with Gasteiger partial charge < -0.3 is 41.9 Å². The molecule has 2 heterocycles.